The lowest BCUT2D eigenvalue weighted by atomic mass is 9.77. The average Bonchev–Trinajstić information content (AvgIpc) is 2.82. The first-order valence-corrected chi connectivity index (χ1v) is 8.28. The summed E-state index contributed by atoms with van der Waals surface area (Å²) in [6.45, 7) is 7.22. The molecule has 3 rings (SSSR count). The Bertz CT molecular complexity index is 631. The summed E-state index contributed by atoms with van der Waals surface area (Å²) in [6.07, 6.45) is 2.05. The van der Waals surface area contributed by atoms with Crippen molar-refractivity contribution in [2.45, 2.75) is 39.7 Å². The third-order valence-electron chi connectivity index (χ3n) is 3.90. The lowest BCUT2D eigenvalue weighted by molar-refractivity contribution is 0.282. The molecule has 0 amide bonds. The Kier molecular flexibility index (Phi) is 3.76. The molecule has 0 fully saturated rings. The number of fused-ring (bicyclic) bond motifs is 1. The van der Waals surface area contributed by atoms with Crippen molar-refractivity contribution in [1.29, 1.82) is 0 Å². The minimum absolute atomic E-state index is 0.123. The van der Waals surface area contributed by atoms with Crippen LogP contribution in [0.3, 0.4) is 0 Å². The average molecular weight is 302 g/mol. The van der Waals surface area contributed by atoms with Crippen LogP contribution in [0.2, 0.25) is 0 Å². The van der Waals surface area contributed by atoms with Gasteiger partial charge in [0.1, 0.15) is 10.8 Å². The summed E-state index contributed by atoms with van der Waals surface area (Å²) in [5.74, 6) is 0.903. The molecule has 0 saturated carbocycles. The van der Waals surface area contributed by atoms with Crippen LogP contribution in [-0.2, 0) is 6.42 Å². The topological polar surface area (TPSA) is 48.1 Å². The van der Waals surface area contributed by atoms with Crippen LogP contribution in [0.1, 0.15) is 43.8 Å². The smallest absolute Gasteiger partial charge is 0.123 e. The molecule has 0 radical (unpaired) electrons. The number of hydrogen-bond donors (Lipinski definition) is 1. The van der Waals surface area contributed by atoms with E-state index in [-0.39, 0.29) is 11.5 Å². The molecule has 4 heteroatoms. The van der Waals surface area contributed by atoms with Crippen LogP contribution in [0.15, 0.2) is 24.3 Å². The van der Waals surface area contributed by atoms with E-state index in [1.165, 1.54) is 10.6 Å². The van der Waals surface area contributed by atoms with Crippen molar-refractivity contribution in [2.24, 2.45) is 11.1 Å². The van der Waals surface area contributed by atoms with Crippen molar-refractivity contribution in [3.63, 3.8) is 0 Å². The highest BCUT2D eigenvalue weighted by Gasteiger charge is 2.33. The molecule has 112 valence electrons. The summed E-state index contributed by atoms with van der Waals surface area (Å²) < 4.78 is 5.49. The highest BCUT2D eigenvalue weighted by Crippen LogP contribution is 2.43. The van der Waals surface area contributed by atoms with E-state index in [4.69, 9.17) is 15.5 Å². The molecule has 1 aliphatic rings. The van der Waals surface area contributed by atoms with Crippen molar-refractivity contribution < 1.29 is 4.74 Å². The molecule has 3 nitrogen and oxygen atoms in total. The van der Waals surface area contributed by atoms with Crippen LogP contribution in [0.25, 0.3) is 10.6 Å². The van der Waals surface area contributed by atoms with Crippen LogP contribution in [0, 0.1) is 5.41 Å². The quantitative estimate of drug-likeness (QED) is 0.925. The number of thiazole rings is 1. The SMILES string of the molecule is CCOc1ccc(-c2nc3c(s2)C(N)CC(C)(C)C3)cc1. The van der Waals surface area contributed by atoms with Crippen molar-refractivity contribution >= 4 is 11.3 Å². The van der Waals surface area contributed by atoms with Gasteiger partial charge in [-0.25, -0.2) is 4.98 Å². The molecule has 21 heavy (non-hydrogen) atoms. The molecule has 2 aromatic rings. The number of ether oxygens (including phenoxy) is 1. The molecular weight excluding hydrogens is 280 g/mol. The molecule has 2 N–H and O–H groups in total. The number of nitrogens with two attached hydrogens (primary N) is 1. The maximum atomic E-state index is 6.33. The molecule has 1 aromatic heterocycles. The van der Waals surface area contributed by atoms with Gasteiger partial charge in [-0.15, -0.1) is 11.3 Å². The van der Waals surface area contributed by atoms with Crippen molar-refractivity contribution in [3.8, 4) is 16.3 Å². The fourth-order valence-corrected chi connectivity index (χ4v) is 4.07. The molecule has 0 spiro atoms. The maximum absolute atomic E-state index is 6.33. The zero-order valence-electron chi connectivity index (χ0n) is 12.8. The summed E-state index contributed by atoms with van der Waals surface area (Å²) in [7, 11) is 0. The van der Waals surface area contributed by atoms with Gasteiger partial charge in [-0.3, -0.25) is 0 Å². The zero-order valence-corrected chi connectivity index (χ0v) is 13.7. The monoisotopic (exact) mass is 302 g/mol. The van der Waals surface area contributed by atoms with E-state index in [9.17, 15) is 0 Å². The Morgan fingerprint density at radius 2 is 2.05 bits per heavy atom. The highest BCUT2D eigenvalue weighted by molar-refractivity contribution is 7.15. The fraction of sp³-hybridized carbons (Fsp3) is 0.471. The lowest BCUT2D eigenvalue weighted by Crippen LogP contribution is -2.28. The second-order valence-electron chi connectivity index (χ2n) is 6.44. The summed E-state index contributed by atoms with van der Waals surface area (Å²) in [6, 6.07) is 8.28. The number of hydrogen-bond acceptors (Lipinski definition) is 4. The van der Waals surface area contributed by atoms with Gasteiger partial charge in [-0.05, 0) is 49.4 Å². The second-order valence-corrected chi connectivity index (χ2v) is 7.47. The van der Waals surface area contributed by atoms with Gasteiger partial charge in [0.2, 0.25) is 0 Å². The van der Waals surface area contributed by atoms with Crippen molar-refractivity contribution in [3.05, 3.63) is 34.8 Å². The third-order valence-corrected chi connectivity index (χ3v) is 5.17. The largest absolute Gasteiger partial charge is 0.494 e. The van der Waals surface area contributed by atoms with Crippen LogP contribution in [0.5, 0.6) is 5.75 Å². The summed E-state index contributed by atoms with van der Waals surface area (Å²) in [5.41, 5.74) is 8.90. The predicted octanol–water partition coefficient (Wildman–Crippen LogP) is 4.18. The Morgan fingerprint density at radius 1 is 1.33 bits per heavy atom. The first-order chi connectivity index (χ1) is 9.98. The molecule has 0 bridgehead atoms. The molecule has 1 heterocycles. The first-order valence-electron chi connectivity index (χ1n) is 7.47. The number of aromatic nitrogens is 1. The van der Waals surface area contributed by atoms with Gasteiger partial charge < -0.3 is 10.5 Å². The van der Waals surface area contributed by atoms with E-state index in [1.807, 2.05) is 19.1 Å². The standard InChI is InChI=1S/C17H22N2OS/c1-4-20-12-7-5-11(6-8-12)16-19-14-10-17(2,3)9-13(18)15(14)21-16/h5-8,13H,4,9-10,18H2,1-3H3. The molecule has 1 unspecified atom stereocenters. The minimum atomic E-state index is 0.123. The van der Waals surface area contributed by atoms with Crippen LogP contribution in [0.4, 0.5) is 0 Å². The Balaban J connectivity index is 1.91. The van der Waals surface area contributed by atoms with Crippen molar-refractivity contribution in [2.75, 3.05) is 6.61 Å². The van der Waals surface area contributed by atoms with Crippen LogP contribution >= 0.6 is 11.3 Å². The van der Waals surface area contributed by atoms with Gasteiger partial charge >= 0.3 is 0 Å². The van der Waals surface area contributed by atoms with Crippen LogP contribution in [-0.4, -0.2) is 11.6 Å². The molecule has 0 aliphatic heterocycles. The van der Waals surface area contributed by atoms with Crippen molar-refractivity contribution in [1.82, 2.24) is 4.98 Å². The number of nitrogens with zero attached hydrogens (tertiary/aromatic N) is 1. The van der Waals surface area contributed by atoms with Gasteiger partial charge in [-0.1, -0.05) is 13.8 Å². The van der Waals surface area contributed by atoms with E-state index < -0.39 is 0 Å². The van der Waals surface area contributed by atoms with Crippen LogP contribution < -0.4 is 10.5 Å². The summed E-state index contributed by atoms with van der Waals surface area (Å²) in [5, 5.41) is 1.07. The van der Waals surface area contributed by atoms with Gasteiger partial charge in [0.25, 0.3) is 0 Å². The third kappa shape index (κ3) is 2.97. The minimum Gasteiger partial charge on any atom is -0.494 e. The molecule has 1 aliphatic carbocycles. The van der Waals surface area contributed by atoms with Gasteiger partial charge in [-0.2, -0.15) is 0 Å². The van der Waals surface area contributed by atoms with E-state index >= 15 is 0 Å². The van der Waals surface area contributed by atoms with Gasteiger partial charge in [0.05, 0.1) is 12.3 Å². The van der Waals surface area contributed by atoms with E-state index in [0.717, 1.165) is 29.2 Å². The highest BCUT2D eigenvalue weighted by atomic mass is 32.1. The maximum Gasteiger partial charge on any atom is 0.123 e. The molecule has 1 aromatic carbocycles. The fourth-order valence-electron chi connectivity index (χ4n) is 2.98. The first kappa shape index (κ1) is 14.5. The van der Waals surface area contributed by atoms with E-state index in [0.29, 0.717) is 6.61 Å². The molecule has 1 atom stereocenters. The predicted molar refractivity (Wildman–Crippen MR) is 87.7 cm³/mol. The number of rotatable bonds is 3. The lowest BCUT2D eigenvalue weighted by Gasteiger charge is -2.32. The molecule has 0 saturated heterocycles. The second kappa shape index (κ2) is 5.43. The Morgan fingerprint density at radius 3 is 2.71 bits per heavy atom. The normalized spacial score (nSPS) is 20.1. The number of benzene rings is 1. The zero-order chi connectivity index (χ0) is 15.0. The van der Waals surface area contributed by atoms with Gasteiger partial charge in [0, 0.05) is 16.5 Å². The van der Waals surface area contributed by atoms with Gasteiger partial charge in [0.15, 0.2) is 0 Å². The van der Waals surface area contributed by atoms with E-state index in [1.54, 1.807) is 11.3 Å². The Hall–Kier alpha value is -1.39. The summed E-state index contributed by atoms with van der Waals surface area (Å²) >= 11 is 1.74. The summed E-state index contributed by atoms with van der Waals surface area (Å²) in [4.78, 5) is 6.10. The molecular formula is C17H22N2OS. The van der Waals surface area contributed by atoms with E-state index in [2.05, 4.69) is 26.0 Å². The Labute approximate surface area is 130 Å².